The lowest BCUT2D eigenvalue weighted by molar-refractivity contribution is -0.0428. The van der Waals surface area contributed by atoms with Crippen LogP contribution in [0.1, 0.15) is 106 Å². The molecule has 0 aliphatic heterocycles. The summed E-state index contributed by atoms with van der Waals surface area (Å²) in [6.07, 6.45) is 15.5. The highest BCUT2D eigenvalue weighted by Crippen LogP contribution is 2.67. The summed E-state index contributed by atoms with van der Waals surface area (Å²) in [6, 6.07) is 0. The first kappa shape index (κ1) is 23.6. The highest BCUT2D eigenvalue weighted by Gasteiger charge is 2.58. The lowest BCUT2D eigenvalue weighted by Crippen LogP contribution is -2.49. The van der Waals surface area contributed by atoms with Crippen LogP contribution in [0.4, 0.5) is 0 Å². The van der Waals surface area contributed by atoms with Crippen LogP contribution < -0.4 is 0 Å². The van der Waals surface area contributed by atoms with Crippen molar-refractivity contribution >= 4 is 0 Å². The van der Waals surface area contributed by atoms with E-state index in [4.69, 9.17) is 0 Å². The van der Waals surface area contributed by atoms with Crippen molar-refractivity contribution in [2.45, 2.75) is 112 Å². The monoisotopic (exact) mass is 426 g/mol. The van der Waals surface area contributed by atoms with Gasteiger partial charge in [0.2, 0.25) is 0 Å². The maximum atomic E-state index is 10.3. The Morgan fingerprint density at radius 2 is 1.68 bits per heavy atom. The van der Waals surface area contributed by atoms with E-state index < -0.39 is 0 Å². The molecule has 0 spiro atoms. The quantitative estimate of drug-likeness (QED) is 0.424. The van der Waals surface area contributed by atoms with Gasteiger partial charge in [0.25, 0.3) is 0 Å². The molecule has 4 aliphatic carbocycles. The molecule has 1 nitrogen and oxygen atoms in total. The maximum Gasteiger partial charge on any atom is 0.0543 e. The highest BCUT2D eigenvalue weighted by molar-refractivity contribution is 5.27. The van der Waals surface area contributed by atoms with E-state index in [9.17, 15) is 5.11 Å². The van der Waals surface area contributed by atoms with Gasteiger partial charge in [-0.15, -0.1) is 0 Å². The van der Waals surface area contributed by atoms with Crippen LogP contribution in [0.15, 0.2) is 23.8 Å². The van der Waals surface area contributed by atoms with E-state index in [1.54, 1.807) is 0 Å². The van der Waals surface area contributed by atoms with E-state index in [-0.39, 0.29) is 6.10 Å². The molecule has 9 atom stereocenters. The van der Waals surface area contributed by atoms with Crippen molar-refractivity contribution in [2.75, 3.05) is 0 Å². The molecule has 0 bridgehead atoms. The molecule has 1 heteroatoms. The topological polar surface area (TPSA) is 20.2 Å². The first-order valence-electron chi connectivity index (χ1n) is 13.6. The molecular weight excluding hydrogens is 376 g/mol. The third kappa shape index (κ3) is 4.00. The number of fused-ring (bicyclic) bond motifs is 5. The second kappa shape index (κ2) is 8.66. The number of aliphatic hydroxyl groups is 1. The van der Waals surface area contributed by atoms with Crippen LogP contribution in [0.2, 0.25) is 0 Å². The maximum absolute atomic E-state index is 10.3. The first-order chi connectivity index (χ1) is 14.6. The standard InChI is InChI=1S/C30H50O/c1-19(2)22(5)20(3)8-9-21(4)26-12-13-27-25-11-10-23-18-24(31)14-16-29(23,6)28(25)15-17-30(26,27)7/h11,19-21,23-24,26-28,31H,5,8-10,12-18H2,1-4,6-7H3/t20-,21+,23-,24-,26+,27-,28+,29-,30+/m0/s1. The second-order valence-corrected chi connectivity index (χ2v) is 13.1. The summed E-state index contributed by atoms with van der Waals surface area (Å²) < 4.78 is 0. The van der Waals surface area contributed by atoms with Crippen molar-refractivity contribution in [3.8, 4) is 0 Å². The Kier molecular flexibility index (Phi) is 6.59. The molecule has 0 unspecified atom stereocenters. The van der Waals surface area contributed by atoms with Gasteiger partial charge in [0.05, 0.1) is 6.10 Å². The Morgan fingerprint density at radius 1 is 1.00 bits per heavy atom. The predicted molar refractivity (Wildman–Crippen MR) is 133 cm³/mol. The van der Waals surface area contributed by atoms with Gasteiger partial charge in [-0.25, -0.2) is 0 Å². The van der Waals surface area contributed by atoms with E-state index in [2.05, 4.69) is 54.2 Å². The summed E-state index contributed by atoms with van der Waals surface area (Å²) in [5, 5.41) is 10.3. The van der Waals surface area contributed by atoms with Crippen molar-refractivity contribution < 1.29 is 5.11 Å². The fourth-order valence-electron chi connectivity index (χ4n) is 8.93. The lowest BCUT2D eigenvalue weighted by Gasteiger charge is -2.57. The SMILES string of the molecule is C=C(C(C)C)[C@@H](C)CC[C@@H](C)[C@H]1CC[C@H]2C3=CC[C@H]4C[C@@H](O)CC[C@]4(C)[C@@H]3CC[C@]12C. The molecule has 176 valence electrons. The van der Waals surface area contributed by atoms with Gasteiger partial charge in [-0.2, -0.15) is 0 Å². The van der Waals surface area contributed by atoms with E-state index in [0.29, 0.717) is 28.6 Å². The summed E-state index contributed by atoms with van der Waals surface area (Å²) in [7, 11) is 0. The summed E-state index contributed by atoms with van der Waals surface area (Å²) >= 11 is 0. The third-order valence-corrected chi connectivity index (χ3v) is 11.2. The Labute approximate surface area is 193 Å². The van der Waals surface area contributed by atoms with Gasteiger partial charge < -0.3 is 5.11 Å². The van der Waals surface area contributed by atoms with Gasteiger partial charge in [-0.1, -0.05) is 65.3 Å². The van der Waals surface area contributed by atoms with Gasteiger partial charge >= 0.3 is 0 Å². The molecule has 31 heavy (non-hydrogen) atoms. The number of allylic oxidation sites excluding steroid dienone is 3. The minimum atomic E-state index is -0.0484. The van der Waals surface area contributed by atoms with Crippen LogP contribution in [-0.4, -0.2) is 11.2 Å². The predicted octanol–water partition coefficient (Wildman–Crippen LogP) is 8.19. The second-order valence-electron chi connectivity index (χ2n) is 13.1. The van der Waals surface area contributed by atoms with Gasteiger partial charge in [0.1, 0.15) is 0 Å². The van der Waals surface area contributed by atoms with Crippen LogP contribution in [0.5, 0.6) is 0 Å². The minimum Gasteiger partial charge on any atom is -0.393 e. The fourth-order valence-corrected chi connectivity index (χ4v) is 8.93. The third-order valence-electron chi connectivity index (χ3n) is 11.2. The van der Waals surface area contributed by atoms with E-state index in [1.807, 2.05) is 5.57 Å². The van der Waals surface area contributed by atoms with Crippen LogP contribution >= 0.6 is 0 Å². The molecule has 0 radical (unpaired) electrons. The lowest BCUT2D eigenvalue weighted by atomic mass is 9.47. The Balaban J connectivity index is 1.46. The molecular formula is C30H50O. The molecule has 0 aromatic heterocycles. The molecule has 0 aromatic carbocycles. The number of hydrogen-bond acceptors (Lipinski definition) is 1. The molecule has 0 heterocycles. The Bertz CT molecular complexity index is 703. The molecule has 4 rings (SSSR count). The summed E-state index contributed by atoms with van der Waals surface area (Å²) in [4.78, 5) is 0. The number of aliphatic hydroxyl groups excluding tert-OH is 1. The molecule has 0 amide bonds. The molecule has 0 aromatic rings. The van der Waals surface area contributed by atoms with Crippen molar-refractivity contribution in [3.63, 3.8) is 0 Å². The highest BCUT2D eigenvalue weighted by atomic mass is 16.3. The van der Waals surface area contributed by atoms with Crippen LogP contribution in [0.3, 0.4) is 0 Å². The van der Waals surface area contributed by atoms with E-state index >= 15 is 0 Å². The van der Waals surface area contributed by atoms with Crippen molar-refractivity contribution in [1.82, 2.24) is 0 Å². The number of hydrogen-bond donors (Lipinski definition) is 1. The van der Waals surface area contributed by atoms with Crippen LogP contribution in [0, 0.1) is 52.3 Å². The molecule has 4 aliphatic rings. The Morgan fingerprint density at radius 3 is 2.39 bits per heavy atom. The first-order valence-corrected chi connectivity index (χ1v) is 13.6. The largest absolute Gasteiger partial charge is 0.393 e. The Hall–Kier alpha value is -0.560. The summed E-state index contributed by atoms with van der Waals surface area (Å²) in [6.45, 7) is 19.2. The van der Waals surface area contributed by atoms with Crippen LogP contribution in [-0.2, 0) is 0 Å². The van der Waals surface area contributed by atoms with Crippen molar-refractivity contribution in [1.29, 1.82) is 0 Å². The van der Waals surface area contributed by atoms with Gasteiger partial charge in [-0.05, 0) is 116 Å². The van der Waals surface area contributed by atoms with Gasteiger partial charge in [-0.3, -0.25) is 0 Å². The molecule has 1 N–H and O–H groups in total. The zero-order valence-corrected chi connectivity index (χ0v) is 21.4. The molecule has 3 fully saturated rings. The van der Waals surface area contributed by atoms with E-state index in [1.165, 1.54) is 56.9 Å². The molecule has 3 saturated carbocycles. The zero-order chi connectivity index (χ0) is 22.6. The molecule has 0 saturated heterocycles. The van der Waals surface area contributed by atoms with Crippen molar-refractivity contribution in [2.24, 2.45) is 52.3 Å². The minimum absolute atomic E-state index is 0.0484. The van der Waals surface area contributed by atoms with Crippen molar-refractivity contribution in [3.05, 3.63) is 23.8 Å². The average molecular weight is 427 g/mol. The van der Waals surface area contributed by atoms with Gasteiger partial charge in [0, 0.05) is 0 Å². The zero-order valence-electron chi connectivity index (χ0n) is 21.4. The van der Waals surface area contributed by atoms with E-state index in [0.717, 1.165) is 36.5 Å². The normalized spacial score (nSPS) is 44.1. The average Bonchev–Trinajstić information content (AvgIpc) is 3.09. The van der Waals surface area contributed by atoms with Crippen LogP contribution in [0.25, 0.3) is 0 Å². The van der Waals surface area contributed by atoms with Gasteiger partial charge in [0.15, 0.2) is 0 Å². The number of rotatable bonds is 6. The summed E-state index contributed by atoms with van der Waals surface area (Å²) in [5.41, 5.74) is 4.26. The smallest absolute Gasteiger partial charge is 0.0543 e. The fraction of sp³-hybridized carbons (Fsp3) is 0.867. The summed E-state index contributed by atoms with van der Waals surface area (Å²) in [5.74, 6) is 5.30.